The Bertz CT molecular complexity index is 989. The lowest BCUT2D eigenvalue weighted by atomic mass is 9.94. The molecule has 1 fully saturated rings. The molecule has 3 heterocycles. The van der Waals surface area contributed by atoms with Gasteiger partial charge < -0.3 is 25.2 Å². The van der Waals surface area contributed by atoms with Crippen molar-refractivity contribution >= 4 is 17.6 Å². The third-order valence-electron chi connectivity index (χ3n) is 5.08. The van der Waals surface area contributed by atoms with Crippen LogP contribution >= 0.6 is 0 Å². The number of anilines is 1. The SMILES string of the molecule is CNC1=CN(C(=O)O)Cc2c(-c3ccc(F)cc3O)cc(N3CCOCC3)nc21. The molecule has 0 aliphatic carbocycles. The van der Waals surface area contributed by atoms with Crippen molar-refractivity contribution in [3.63, 3.8) is 0 Å². The van der Waals surface area contributed by atoms with Crippen LogP contribution in [-0.2, 0) is 11.3 Å². The molecule has 0 bridgehead atoms. The Morgan fingerprint density at radius 3 is 2.66 bits per heavy atom. The molecule has 0 spiro atoms. The topological polar surface area (TPSA) is 98.2 Å². The average Bonchev–Trinajstić information content (AvgIpc) is 2.73. The first-order valence-electron chi connectivity index (χ1n) is 9.23. The molecule has 2 aromatic rings. The van der Waals surface area contributed by atoms with Gasteiger partial charge in [0, 0.05) is 43.5 Å². The third-order valence-corrected chi connectivity index (χ3v) is 5.08. The largest absolute Gasteiger partial charge is 0.507 e. The zero-order chi connectivity index (χ0) is 20.5. The fraction of sp³-hybridized carbons (Fsp3) is 0.300. The van der Waals surface area contributed by atoms with Gasteiger partial charge in [-0.05, 0) is 23.8 Å². The summed E-state index contributed by atoms with van der Waals surface area (Å²) < 4.78 is 19.0. The molecule has 2 aliphatic heterocycles. The van der Waals surface area contributed by atoms with E-state index in [9.17, 15) is 19.4 Å². The lowest BCUT2D eigenvalue weighted by Crippen LogP contribution is -2.37. The number of carboxylic acid groups (broad SMARTS) is 1. The number of nitrogens with one attached hydrogen (secondary N) is 1. The number of hydrogen-bond acceptors (Lipinski definition) is 6. The van der Waals surface area contributed by atoms with Gasteiger partial charge >= 0.3 is 6.09 Å². The van der Waals surface area contributed by atoms with Crippen molar-refractivity contribution in [3.05, 3.63) is 47.5 Å². The number of phenolic OH excluding ortho intramolecular Hbond substituents is 1. The Morgan fingerprint density at radius 2 is 2.00 bits per heavy atom. The van der Waals surface area contributed by atoms with Crippen molar-refractivity contribution in [1.82, 2.24) is 15.2 Å². The highest BCUT2D eigenvalue weighted by Gasteiger charge is 2.28. The molecule has 1 amide bonds. The van der Waals surface area contributed by atoms with Crippen LogP contribution in [0.5, 0.6) is 5.75 Å². The number of halogens is 1. The average molecular weight is 400 g/mol. The van der Waals surface area contributed by atoms with E-state index in [-0.39, 0.29) is 12.3 Å². The van der Waals surface area contributed by atoms with E-state index < -0.39 is 11.9 Å². The number of hydrogen-bond donors (Lipinski definition) is 3. The lowest BCUT2D eigenvalue weighted by Gasteiger charge is -2.32. The Labute approximate surface area is 166 Å². The van der Waals surface area contributed by atoms with E-state index in [4.69, 9.17) is 9.72 Å². The quantitative estimate of drug-likeness (QED) is 0.728. The van der Waals surface area contributed by atoms with Crippen molar-refractivity contribution < 1.29 is 24.1 Å². The molecule has 1 saturated heterocycles. The van der Waals surface area contributed by atoms with E-state index in [0.717, 1.165) is 11.0 Å². The van der Waals surface area contributed by atoms with Crippen LogP contribution in [0.3, 0.4) is 0 Å². The molecule has 1 aromatic heterocycles. The van der Waals surface area contributed by atoms with Crippen LogP contribution in [0.4, 0.5) is 15.0 Å². The molecular weight excluding hydrogens is 379 g/mol. The molecule has 2 aliphatic rings. The minimum absolute atomic E-state index is 0.0678. The number of benzene rings is 1. The van der Waals surface area contributed by atoms with E-state index in [2.05, 4.69) is 10.2 Å². The monoisotopic (exact) mass is 400 g/mol. The highest BCUT2D eigenvalue weighted by molar-refractivity contribution is 5.83. The first-order valence-corrected chi connectivity index (χ1v) is 9.23. The highest BCUT2D eigenvalue weighted by Crippen LogP contribution is 2.39. The van der Waals surface area contributed by atoms with Gasteiger partial charge in [-0.1, -0.05) is 0 Å². The van der Waals surface area contributed by atoms with Crippen molar-refractivity contribution in [3.8, 4) is 16.9 Å². The van der Waals surface area contributed by atoms with Crippen molar-refractivity contribution in [1.29, 1.82) is 0 Å². The maximum Gasteiger partial charge on any atom is 0.411 e. The number of rotatable bonds is 3. The van der Waals surface area contributed by atoms with E-state index in [1.165, 1.54) is 18.3 Å². The number of aromatic nitrogens is 1. The van der Waals surface area contributed by atoms with Crippen molar-refractivity contribution in [2.24, 2.45) is 0 Å². The summed E-state index contributed by atoms with van der Waals surface area (Å²) in [5, 5.41) is 22.9. The fourth-order valence-electron chi connectivity index (χ4n) is 3.61. The molecular formula is C20H21FN4O4. The normalized spacial score (nSPS) is 16.3. The number of morpholine rings is 1. The van der Waals surface area contributed by atoms with Gasteiger partial charge in [-0.25, -0.2) is 14.2 Å². The van der Waals surface area contributed by atoms with Crippen LogP contribution in [0, 0.1) is 5.82 Å². The molecule has 152 valence electrons. The van der Waals surface area contributed by atoms with Crippen molar-refractivity contribution in [2.75, 3.05) is 38.3 Å². The van der Waals surface area contributed by atoms with Gasteiger partial charge in [-0.3, -0.25) is 4.90 Å². The summed E-state index contributed by atoms with van der Waals surface area (Å²) in [7, 11) is 1.69. The van der Waals surface area contributed by atoms with Gasteiger partial charge in [-0.2, -0.15) is 0 Å². The number of aromatic hydroxyl groups is 1. The molecule has 1 aromatic carbocycles. The highest BCUT2D eigenvalue weighted by atomic mass is 19.1. The molecule has 29 heavy (non-hydrogen) atoms. The van der Waals surface area contributed by atoms with Crippen LogP contribution in [-0.4, -0.2) is 59.5 Å². The van der Waals surface area contributed by atoms with E-state index in [0.29, 0.717) is 60.2 Å². The van der Waals surface area contributed by atoms with Crippen LogP contribution in [0.25, 0.3) is 16.8 Å². The Morgan fingerprint density at radius 1 is 1.24 bits per heavy atom. The second-order valence-electron chi connectivity index (χ2n) is 6.82. The number of fused-ring (bicyclic) bond motifs is 1. The molecule has 4 rings (SSSR count). The van der Waals surface area contributed by atoms with Gasteiger partial charge in [0.1, 0.15) is 17.4 Å². The Balaban J connectivity index is 1.93. The second kappa shape index (κ2) is 7.59. The lowest BCUT2D eigenvalue weighted by molar-refractivity contribution is 0.122. The van der Waals surface area contributed by atoms with Crippen molar-refractivity contribution in [2.45, 2.75) is 6.54 Å². The summed E-state index contributed by atoms with van der Waals surface area (Å²) in [6.45, 7) is 2.56. The van der Waals surface area contributed by atoms with E-state index in [1.807, 2.05) is 6.07 Å². The standard InChI is InChI=1S/C20H21FN4O4/c1-22-16-11-25(20(27)28)10-15-14(13-3-2-12(21)8-17(13)26)9-18(23-19(15)16)24-4-6-29-7-5-24/h2-3,8-9,11,22,26H,4-7,10H2,1H3,(H,27,28). The number of nitrogens with zero attached hydrogens (tertiary/aromatic N) is 3. The minimum atomic E-state index is -1.10. The smallest absolute Gasteiger partial charge is 0.411 e. The van der Waals surface area contributed by atoms with E-state index in [1.54, 1.807) is 7.05 Å². The molecule has 0 atom stereocenters. The summed E-state index contributed by atoms with van der Waals surface area (Å²) in [6, 6.07) is 5.62. The summed E-state index contributed by atoms with van der Waals surface area (Å²) in [4.78, 5) is 19.6. The summed E-state index contributed by atoms with van der Waals surface area (Å²) in [6.07, 6.45) is 0.393. The van der Waals surface area contributed by atoms with Gasteiger partial charge in [0.25, 0.3) is 0 Å². The summed E-state index contributed by atoms with van der Waals surface area (Å²) >= 11 is 0. The number of carbonyl (C=O) groups is 1. The second-order valence-corrected chi connectivity index (χ2v) is 6.82. The predicted octanol–water partition coefficient (Wildman–Crippen LogP) is 2.44. The molecule has 0 radical (unpaired) electrons. The van der Waals surface area contributed by atoms with Gasteiger partial charge in [0.05, 0.1) is 31.1 Å². The zero-order valence-corrected chi connectivity index (χ0v) is 15.9. The maximum absolute atomic E-state index is 13.6. The maximum atomic E-state index is 13.6. The number of phenols is 1. The minimum Gasteiger partial charge on any atom is -0.507 e. The molecule has 9 heteroatoms. The molecule has 8 nitrogen and oxygen atoms in total. The molecule has 0 saturated carbocycles. The van der Waals surface area contributed by atoms with Gasteiger partial charge in [0.15, 0.2) is 0 Å². The Kier molecular flexibility index (Phi) is 4.98. The number of amides is 1. The summed E-state index contributed by atoms with van der Waals surface area (Å²) in [5.41, 5.74) is 2.82. The van der Waals surface area contributed by atoms with Crippen LogP contribution in [0.15, 0.2) is 30.5 Å². The number of ether oxygens (including phenoxy) is 1. The molecule has 3 N–H and O–H groups in total. The van der Waals surface area contributed by atoms with Crippen LogP contribution < -0.4 is 10.2 Å². The first-order chi connectivity index (χ1) is 14.0. The molecule has 0 unspecified atom stereocenters. The fourth-order valence-corrected chi connectivity index (χ4v) is 3.61. The third kappa shape index (κ3) is 3.56. The number of pyridine rings is 1. The van der Waals surface area contributed by atoms with E-state index >= 15 is 0 Å². The van der Waals surface area contributed by atoms with Gasteiger partial charge in [-0.15, -0.1) is 0 Å². The zero-order valence-electron chi connectivity index (χ0n) is 15.9. The predicted molar refractivity (Wildman–Crippen MR) is 105 cm³/mol. The summed E-state index contributed by atoms with van der Waals surface area (Å²) in [5.74, 6) is -0.0741. The van der Waals surface area contributed by atoms with Crippen LogP contribution in [0.1, 0.15) is 11.3 Å². The first kappa shape index (κ1) is 19.0. The van der Waals surface area contributed by atoms with Crippen LogP contribution in [0.2, 0.25) is 0 Å². The Hall–Kier alpha value is -3.33. The van der Waals surface area contributed by atoms with Gasteiger partial charge in [0.2, 0.25) is 0 Å².